The van der Waals surface area contributed by atoms with Gasteiger partial charge in [0.25, 0.3) is 0 Å². The second-order valence-corrected chi connectivity index (χ2v) is 9.61. The van der Waals surface area contributed by atoms with Crippen molar-refractivity contribution in [2.75, 3.05) is 26.2 Å². The maximum absolute atomic E-state index is 12.9. The van der Waals surface area contributed by atoms with Gasteiger partial charge in [-0.25, -0.2) is 8.42 Å². The number of carbonyl (C=O) groups excluding carboxylic acids is 2. The molecule has 8 heteroatoms. The van der Waals surface area contributed by atoms with Crippen LogP contribution >= 0.6 is 0 Å². The maximum Gasteiger partial charge on any atom is 0.243 e. The zero-order valence-electron chi connectivity index (χ0n) is 16.3. The molecule has 2 aliphatic heterocycles. The molecule has 0 spiro atoms. The Kier molecular flexibility index (Phi) is 6.72. The van der Waals surface area contributed by atoms with Gasteiger partial charge >= 0.3 is 0 Å². The summed E-state index contributed by atoms with van der Waals surface area (Å²) in [5, 5.41) is 2.77. The second kappa shape index (κ2) is 9.05. The smallest absolute Gasteiger partial charge is 0.243 e. The molecule has 154 valence electrons. The molecule has 2 atom stereocenters. The van der Waals surface area contributed by atoms with Crippen LogP contribution in [0.5, 0.6) is 0 Å². The first-order valence-corrected chi connectivity index (χ1v) is 11.5. The fourth-order valence-electron chi connectivity index (χ4n) is 4.00. The Bertz CT molecular complexity index is 797. The van der Waals surface area contributed by atoms with Gasteiger partial charge in [0.15, 0.2) is 0 Å². The summed E-state index contributed by atoms with van der Waals surface area (Å²) < 4.78 is 27.0. The quantitative estimate of drug-likeness (QED) is 0.776. The summed E-state index contributed by atoms with van der Waals surface area (Å²) >= 11 is 0. The molecular weight excluding hydrogens is 378 g/mol. The van der Waals surface area contributed by atoms with E-state index in [0.717, 1.165) is 25.9 Å². The number of amides is 2. The van der Waals surface area contributed by atoms with Crippen molar-refractivity contribution in [3.8, 4) is 0 Å². The van der Waals surface area contributed by atoms with Gasteiger partial charge in [-0.05, 0) is 43.7 Å². The molecule has 0 radical (unpaired) electrons. The fraction of sp³-hybridized carbons (Fsp3) is 0.600. The number of piperidine rings is 1. The lowest BCUT2D eigenvalue weighted by molar-refractivity contribution is -0.133. The molecule has 3 rings (SSSR count). The molecule has 7 nitrogen and oxygen atoms in total. The number of likely N-dealkylation sites (tertiary alicyclic amines) is 1. The van der Waals surface area contributed by atoms with Crippen LogP contribution in [0.2, 0.25) is 0 Å². The van der Waals surface area contributed by atoms with Gasteiger partial charge in [-0.2, -0.15) is 4.31 Å². The average Bonchev–Trinajstić information content (AvgIpc) is 3.19. The Labute approximate surface area is 167 Å². The third-order valence-electron chi connectivity index (χ3n) is 5.50. The number of nitrogens with zero attached hydrogens (tertiary/aromatic N) is 2. The predicted molar refractivity (Wildman–Crippen MR) is 106 cm³/mol. The Morgan fingerprint density at radius 1 is 1.11 bits per heavy atom. The zero-order valence-corrected chi connectivity index (χ0v) is 17.2. The van der Waals surface area contributed by atoms with Crippen LogP contribution in [-0.4, -0.2) is 61.7 Å². The van der Waals surface area contributed by atoms with E-state index >= 15 is 0 Å². The van der Waals surface area contributed by atoms with Gasteiger partial charge in [-0.15, -0.1) is 0 Å². The van der Waals surface area contributed by atoms with Crippen molar-refractivity contribution in [3.05, 3.63) is 30.3 Å². The minimum Gasteiger partial charge on any atom is -0.354 e. The van der Waals surface area contributed by atoms with E-state index in [-0.39, 0.29) is 29.7 Å². The normalized spacial score (nSPS) is 23.5. The highest BCUT2D eigenvalue weighted by Crippen LogP contribution is 2.26. The van der Waals surface area contributed by atoms with Crippen molar-refractivity contribution in [1.29, 1.82) is 0 Å². The minimum absolute atomic E-state index is 0.0482. The third-order valence-corrected chi connectivity index (χ3v) is 7.43. The van der Waals surface area contributed by atoms with Crippen molar-refractivity contribution >= 4 is 21.8 Å². The molecule has 1 N–H and O–H groups in total. The maximum atomic E-state index is 12.9. The van der Waals surface area contributed by atoms with Crippen LogP contribution in [0, 0.1) is 5.92 Å². The molecule has 0 aromatic heterocycles. The van der Waals surface area contributed by atoms with Crippen molar-refractivity contribution in [3.63, 3.8) is 0 Å². The summed E-state index contributed by atoms with van der Waals surface area (Å²) in [6.07, 6.45) is 3.56. The first kappa shape index (κ1) is 20.8. The van der Waals surface area contributed by atoms with E-state index in [0.29, 0.717) is 25.3 Å². The summed E-state index contributed by atoms with van der Waals surface area (Å²) in [6, 6.07) is 7.47. The van der Waals surface area contributed by atoms with E-state index in [1.54, 1.807) is 30.3 Å². The summed E-state index contributed by atoms with van der Waals surface area (Å²) in [4.78, 5) is 27.0. The third kappa shape index (κ3) is 4.72. The van der Waals surface area contributed by atoms with Crippen molar-refractivity contribution in [2.45, 2.75) is 50.0 Å². The molecule has 2 saturated heterocycles. The largest absolute Gasteiger partial charge is 0.354 e. The Balaban J connectivity index is 1.54. The van der Waals surface area contributed by atoms with Crippen LogP contribution in [-0.2, 0) is 19.6 Å². The number of benzene rings is 1. The zero-order chi connectivity index (χ0) is 20.1. The average molecular weight is 408 g/mol. The molecule has 2 heterocycles. The number of carbonyl (C=O) groups is 2. The molecule has 1 aromatic rings. The van der Waals surface area contributed by atoms with Crippen LogP contribution in [0.25, 0.3) is 0 Å². The van der Waals surface area contributed by atoms with Crippen molar-refractivity contribution < 1.29 is 18.0 Å². The predicted octanol–water partition coefficient (Wildman–Crippen LogP) is 1.60. The van der Waals surface area contributed by atoms with Gasteiger partial charge in [0.1, 0.15) is 6.04 Å². The SMILES string of the molecule is CC1CCCN(C(=O)CCNC(=O)C2CCCN2S(=O)(=O)c2ccccc2)C1. The van der Waals surface area contributed by atoms with E-state index in [9.17, 15) is 18.0 Å². The molecule has 2 fully saturated rings. The highest BCUT2D eigenvalue weighted by Gasteiger charge is 2.39. The summed E-state index contributed by atoms with van der Waals surface area (Å²) in [5.74, 6) is 0.242. The van der Waals surface area contributed by atoms with E-state index in [1.165, 1.54) is 4.31 Å². The van der Waals surface area contributed by atoms with Gasteiger partial charge in [0.05, 0.1) is 4.90 Å². The van der Waals surface area contributed by atoms with Gasteiger partial charge in [0, 0.05) is 32.6 Å². The number of rotatable bonds is 6. The molecule has 28 heavy (non-hydrogen) atoms. The second-order valence-electron chi connectivity index (χ2n) is 7.72. The molecule has 0 aliphatic carbocycles. The van der Waals surface area contributed by atoms with Gasteiger partial charge < -0.3 is 10.2 Å². The molecular formula is C20H29N3O4S. The number of sulfonamides is 1. The standard InChI is InChI=1S/C20H29N3O4S/c1-16-7-5-13-22(15-16)19(24)11-12-21-20(25)18-10-6-14-23(18)28(26,27)17-8-3-2-4-9-17/h2-4,8-9,16,18H,5-7,10-15H2,1H3,(H,21,25). The van der Waals surface area contributed by atoms with Crippen molar-refractivity contribution in [2.24, 2.45) is 5.92 Å². The Morgan fingerprint density at radius 3 is 2.54 bits per heavy atom. The number of hydrogen-bond acceptors (Lipinski definition) is 4. The van der Waals surface area contributed by atoms with Gasteiger partial charge in [-0.1, -0.05) is 25.1 Å². The van der Waals surface area contributed by atoms with Crippen LogP contribution in [0.4, 0.5) is 0 Å². The fourth-order valence-corrected chi connectivity index (χ4v) is 5.68. The minimum atomic E-state index is -3.70. The van der Waals surface area contributed by atoms with Gasteiger partial charge in [-0.3, -0.25) is 9.59 Å². The molecule has 2 unspecified atom stereocenters. The van der Waals surface area contributed by atoms with E-state index in [1.807, 2.05) is 4.90 Å². The monoisotopic (exact) mass is 407 g/mol. The summed E-state index contributed by atoms with van der Waals surface area (Å²) in [6.45, 7) is 4.27. The topological polar surface area (TPSA) is 86.8 Å². The van der Waals surface area contributed by atoms with E-state index < -0.39 is 16.1 Å². The van der Waals surface area contributed by atoms with Crippen molar-refractivity contribution in [1.82, 2.24) is 14.5 Å². The Hall–Kier alpha value is -1.93. The highest BCUT2D eigenvalue weighted by molar-refractivity contribution is 7.89. The molecule has 1 aromatic carbocycles. The molecule has 0 bridgehead atoms. The lowest BCUT2D eigenvalue weighted by atomic mass is 10.00. The Morgan fingerprint density at radius 2 is 1.82 bits per heavy atom. The van der Waals surface area contributed by atoms with Crippen LogP contribution < -0.4 is 5.32 Å². The molecule has 0 saturated carbocycles. The lowest BCUT2D eigenvalue weighted by Gasteiger charge is -2.31. The number of nitrogens with one attached hydrogen (secondary N) is 1. The summed E-state index contributed by atoms with van der Waals surface area (Å²) in [7, 11) is -3.70. The molecule has 2 aliphatic rings. The van der Waals surface area contributed by atoms with Crippen LogP contribution in [0.15, 0.2) is 35.2 Å². The van der Waals surface area contributed by atoms with E-state index in [4.69, 9.17) is 0 Å². The van der Waals surface area contributed by atoms with Gasteiger partial charge in [0.2, 0.25) is 21.8 Å². The van der Waals surface area contributed by atoms with Crippen LogP contribution in [0.3, 0.4) is 0 Å². The first-order valence-electron chi connectivity index (χ1n) is 10.0. The number of hydrogen-bond donors (Lipinski definition) is 1. The highest BCUT2D eigenvalue weighted by atomic mass is 32.2. The summed E-state index contributed by atoms with van der Waals surface area (Å²) in [5.41, 5.74) is 0. The molecule has 2 amide bonds. The van der Waals surface area contributed by atoms with Crippen LogP contribution in [0.1, 0.15) is 39.0 Å². The first-order chi connectivity index (χ1) is 13.4. The van der Waals surface area contributed by atoms with E-state index in [2.05, 4.69) is 12.2 Å². The lowest BCUT2D eigenvalue weighted by Crippen LogP contribution is -2.47.